The van der Waals surface area contributed by atoms with Gasteiger partial charge in [-0.2, -0.15) is 0 Å². The standard InChI is InChI=1S/C12H24N2O2/c15-11-5-1-3-9(11)13-7-8-14-10-4-2-6-12(10)16/h9-16H,1-8H2/t9-,10?,11-,12?/m0/s1. The molecule has 2 aliphatic carbocycles. The summed E-state index contributed by atoms with van der Waals surface area (Å²) in [6.45, 7) is 1.76. The van der Waals surface area contributed by atoms with E-state index in [2.05, 4.69) is 10.6 Å². The van der Waals surface area contributed by atoms with E-state index in [1.54, 1.807) is 0 Å². The Balaban J connectivity index is 1.54. The summed E-state index contributed by atoms with van der Waals surface area (Å²) in [6.07, 6.45) is 6.01. The lowest BCUT2D eigenvalue weighted by Gasteiger charge is -2.19. The van der Waals surface area contributed by atoms with Crippen LogP contribution in [0.2, 0.25) is 0 Å². The molecular formula is C12H24N2O2. The zero-order valence-corrected chi connectivity index (χ0v) is 9.86. The summed E-state index contributed by atoms with van der Waals surface area (Å²) in [5, 5.41) is 26.0. The van der Waals surface area contributed by atoms with Gasteiger partial charge >= 0.3 is 0 Å². The van der Waals surface area contributed by atoms with Crippen LogP contribution < -0.4 is 10.6 Å². The Morgan fingerprint density at radius 3 is 1.50 bits per heavy atom. The molecule has 0 aromatic heterocycles. The minimum atomic E-state index is -0.155. The Bertz CT molecular complexity index is 191. The van der Waals surface area contributed by atoms with Gasteiger partial charge in [-0.3, -0.25) is 0 Å². The highest BCUT2D eigenvalue weighted by Crippen LogP contribution is 2.19. The molecule has 2 saturated carbocycles. The van der Waals surface area contributed by atoms with Gasteiger partial charge in [0.25, 0.3) is 0 Å². The van der Waals surface area contributed by atoms with Crippen LogP contribution >= 0.6 is 0 Å². The van der Waals surface area contributed by atoms with E-state index in [1.165, 1.54) is 0 Å². The van der Waals surface area contributed by atoms with Crippen LogP contribution in [0.15, 0.2) is 0 Å². The van der Waals surface area contributed by atoms with Crippen LogP contribution in [0.25, 0.3) is 0 Å². The van der Waals surface area contributed by atoms with Gasteiger partial charge in [-0.15, -0.1) is 0 Å². The monoisotopic (exact) mass is 228 g/mol. The molecule has 0 radical (unpaired) electrons. The van der Waals surface area contributed by atoms with Crippen molar-refractivity contribution in [2.75, 3.05) is 13.1 Å². The fraction of sp³-hybridized carbons (Fsp3) is 1.00. The van der Waals surface area contributed by atoms with Crippen molar-refractivity contribution in [2.24, 2.45) is 0 Å². The molecule has 2 aliphatic rings. The van der Waals surface area contributed by atoms with Crippen molar-refractivity contribution in [3.05, 3.63) is 0 Å². The fourth-order valence-electron chi connectivity index (χ4n) is 2.87. The largest absolute Gasteiger partial charge is 0.392 e. The first-order valence-electron chi connectivity index (χ1n) is 6.60. The molecule has 0 bridgehead atoms. The molecule has 4 nitrogen and oxygen atoms in total. The summed E-state index contributed by atoms with van der Waals surface area (Å²) in [7, 11) is 0. The molecule has 2 unspecified atom stereocenters. The Morgan fingerprint density at radius 2 is 1.19 bits per heavy atom. The summed E-state index contributed by atoms with van der Waals surface area (Å²) in [4.78, 5) is 0. The normalized spacial score (nSPS) is 39.4. The van der Waals surface area contributed by atoms with Gasteiger partial charge in [0.05, 0.1) is 12.2 Å². The average molecular weight is 228 g/mol. The second kappa shape index (κ2) is 5.96. The quantitative estimate of drug-likeness (QED) is 0.500. The predicted molar refractivity (Wildman–Crippen MR) is 63.3 cm³/mol. The van der Waals surface area contributed by atoms with Gasteiger partial charge in [0.2, 0.25) is 0 Å². The zero-order valence-electron chi connectivity index (χ0n) is 9.86. The molecule has 0 heterocycles. The van der Waals surface area contributed by atoms with Crippen molar-refractivity contribution in [2.45, 2.75) is 62.8 Å². The Hall–Kier alpha value is -0.160. The highest BCUT2D eigenvalue weighted by molar-refractivity contribution is 4.85. The predicted octanol–water partition coefficient (Wildman–Crippen LogP) is -0.00760. The van der Waals surface area contributed by atoms with Crippen molar-refractivity contribution < 1.29 is 10.2 Å². The third-order valence-electron chi connectivity index (χ3n) is 3.90. The Labute approximate surface area is 97.4 Å². The van der Waals surface area contributed by atoms with E-state index in [4.69, 9.17) is 0 Å². The second-order valence-electron chi connectivity index (χ2n) is 5.12. The first-order chi connectivity index (χ1) is 7.77. The number of hydrogen-bond acceptors (Lipinski definition) is 4. The van der Waals surface area contributed by atoms with Crippen molar-refractivity contribution in [3.8, 4) is 0 Å². The van der Waals surface area contributed by atoms with Crippen LogP contribution in [0.5, 0.6) is 0 Å². The first kappa shape index (κ1) is 12.3. The van der Waals surface area contributed by atoms with Gasteiger partial charge in [0.15, 0.2) is 0 Å². The molecule has 0 aromatic rings. The number of aliphatic hydroxyl groups is 2. The van der Waals surface area contributed by atoms with E-state index in [0.717, 1.165) is 51.6 Å². The molecule has 0 aliphatic heterocycles. The van der Waals surface area contributed by atoms with Crippen LogP contribution in [0.1, 0.15) is 38.5 Å². The smallest absolute Gasteiger partial charge is 0.0693 e. The van der Waals surface area contributed by atoms with Crippen LogP contribution in [-0.4, -0.2) is 47.6 Å². The minimum absolute atomic E-state index is 0.155. The van der Waals surface area contributed by atoms with Crippen LogP contribution in [0.3, 0.4) is 0 Å². The van der Waals surface area contributed by atoms with Gasteiger partial charge in [0, 0.05) is 25.2 Å². The topological polar surface area (TPSA) is 64.5 Å². The van der Waals surface area contributed by atoms with Gasteiger partial charge in [-0.05, 0) is 38.5 Å². The highest BCUT2D eigenvalue weighted by Gasteiger charge is 2.25. The molecular weight excluding hydrogens is 204 g/mol. The summed E-state index contributed by atoms with van der Waals surface area (Å²) in [6, 6.07) is 0.575. The van der Waals surface area contributed by atoms with Gasteiger partial charge in [-0.25, -0.2) is 0 Å². The highest BCUT2D eigenvalue weighted by atomic mass is 16.3. The van der Waals surface area contributed by atoms with E-state index in [1.807, 2.05) is 0 Å². The van der Waals surface area contributed by atoms with Crippen molar-refractivity contribution in [1.82, 2.24) is 10.6 Å². The lowest BCUT2D eigenvalue weighted by molar-refractivity contribution is 0.142. The minimum Gasteiger partial charge on any atom is -0.392 e. The third kappa shape index (κ3) is 3.17. The van der Waals surface area contributed by atoms with Crippen molar-refractivity contribution in [1.29, 1.82) is 0 Å². The summed E-state index contributed by atoms with van der Waals surface area (Å²) < 4.78 is 0. The molecule has 94 valence electrons. The third-order valence-corrected chi connectivity index (χ3v) is 3.90. The molecule has 2 fully saturated rings. The second-order valence-corrected chi connectivity index (χ2v) is 5.12. The van der Waals surface area contributed by atoms with Gasteiger partial charge in [0.1, 0.15) is 0 Å². The number of rotatable bonds is 5. The van der Waals surface area contributed by atoms with E-state index < -0.39 is 0 Å². The van der Waals surface area contributed by atoms with Crippen LogP contribution in [0.4, 0.5) is 0 Å². The molecule has 4 heteroatoms. The zero-order chi connectivity index (χ0) is 11.4. The lowest BCUT2D eigenvalue weighted by atomic mass is 10.2. The maximum absolute atomic E-state index is 9.62. The molecule has 4 N–H and O–H groups in total. The average Bonchev–Trinajstić information content (AvgIpc) is 2.84. The molecule has 0 saturated heterocycles. The molecule has 0 spiro atoms. The van der Waals surface area contributed by atoms with E-state index in [0.29, 0.717) is 0 Å². The molecule has 2 rings (SSSR count). The van der Waals surface area contributed by atoms with E-state index >= 15 is 0 Å². The van der Waals surface area contributed by atoms with E-state index in [9.17, 15) is 10.2 Å². The van der Waals surface area contributed by atoms with Crippen LogP contribution in [-0.2, 0) is 0 Å². The van der Waals surface area contributed by atoms with Crippen LogP contribution in [0, 0.1) is 0 Å². The van der Waals surface area contributed by atoms with Gasteiger partial charge < -0.3 is 20.8 Å². The fourth-order valence-corrected chi connectivity index (χ4v) is 2.87. The lowest BCUT2D eigenvalue weighted by Crippen LogP contribution is -2.43. The number of nitrogens with one attached hydrogen (secondary N) is 2. The number of hydrogen-bond donors (Lipinski definition) is 4. The SMILES string of the molecule is OC1CCCC1NCCN[C@H]1CCC[C@@H]1O. The van der Waals surface area contributed by atoms with Gasteiger partial charge in [-0.1, -0.05) is 0 Å². The Kier molecular flexibility index (Phi) is 4.58. The molecule has 4 atom stereocenters. The summed E-state index contributed by atoms with van der Waals surface area (Å²) >= 11 is 0. The summed E-state index contributed by atoms with van der Waals surface area (Å²) in [5.74, 6) is 0. The van der Waals surface area contributed by atoms with E-state index in [-0.39, 0.29) is 24.3 Å². The summed E-state index contributed by atoms with van der Waals surface area (Å²) in [5.41, 5.74) is 0. The molecule has 0 amide bonds. The maximum atomic E-state index is 9.62. The van der Waals surface area contributed by atoms with Crippen molar-refractivity contribution in [3.63, 3.8) is 0 Å². The first-order valence-corrected chi connectivity index (χ1v) is 6.60. The molecule has 16 heavy (non-hydrogen) atoms. The Morgan fingerprint density at radius 1 is 0.750 bits per heavy atom. The number of aliphatic hydroxyl groups excluding tert-OH is 2. The van der Waals surface area contributed by atoms with Crippen molar-refractivity contribution >= 4 is 0 Å². The maximum Gasteiger partial charge on any atom is 0.0693 e. The molecule has 0 aromatic carbocycles.